The van der Waals surface area contributed by atoms with Gasteiger partial charge in [0.05, 0.1) is 0 Å². The van der Waals surface area contributed by atoms with Crippen LogP contribution in [0.1, 0.15) is 40.2 Å². The van der Waals surface area contributed by atoms with Gasteiger partial charge in [0.1, 0.15) is 11.6 Å². The van der Waals surface area contributed by atoms with Crippen molar-refractivity contribution in [1.82, 2.24) is 5.32 Å². The standard InChI is InChI=1S/C17H27F2N/c1-12(2)10-20-11-14(17(3,4)5)8-13-9-15(18)6-7-16(13)19/h6-7,9,12,14,20H,8,10-11H2,1-5H3. The van der Waals surface area contributed by atoms with Crippen LogP contribution < -0.4 is 5.32 Å². The molecule has 1 atom stereocenters. The summed E-state index contributed by atoms with van der Waals surface area (Å²) in [5.41, 5.74) is 0.513. The fraction of sp³-hybridized carbons (Fsp3) is 0.647. The lowest BCUT2D eigenvalue weighted by molar-refractivity contribution is 0.227. The molecule has 0 saturated heterocycles. The minimum absolute atomic E-state index is 0.0444. The summed E-state index contributed by atoms with van der Waals surface area (Å²) in [5.74, 6) is 0.160. The second kappa shape index (κ2) is 7.16. The number of hydrogen-bond acceptors (Lipinski definition) is 1. The molecule has 1 nitrogen and oxygen atoms in total. The second-order valence-electron chi connectivity index (χ2n) is 7.05. The second-order valence-corrected chi connectivity index (χ2v) is 7.05. The van der Waals surface area contributed by atoms with E-state index in [0.29, 0.717) is 17.9 Å². The normalized spacial score (nSPS) is 13.8. The van der Waals surface area contributed by atoms with Gasteiger partial charge in [-0.15, -0.1) is 0 Å². The topological polar surface area (TPSA) is 12.0 Å². The zero-order valence-corrected chi connectivity index (χ0v) is 13.3. The lowest BCUT2D eigenvalue weighted by atomic mass is 9.77. The highest BCUT2D eigenvalue weighted by Crippen LogP contribution is 2.29. The van der Waals surface area contributed by atoms with E-state index >= 15 is 0 Å². The first-order chi connectivity index (χ1) is 9.20. The van der Waals surface area contributed by atoms with Gasteiger partial charge in [-0.3, -0.25) is 0 Å². The first-order valence-electron chi connectivity index (χ1n) is 7.34. The average molecular weight is 283 g/mol. The van der Waals surface area contributed by atoms with Crippen molar-refractivity contribution in [3.63, 3.8) is 0 Å². The molecule has 1 aromatic carbocycles. The van der Waals surface area contributed by atoms with Gasteiger partial charge < -0.3 is 5.32 Å². The highest BCUT2D eigenvalue weighted by molar-refractivity contribution is 5.19. The Hall–Kier alpha value is -0.960. The third kappa shape index (κ3) is 5.58. The van der Waals surface area contributed by atoms with Crippen LogP contribution in [0.2, 0.25) is 0 Å². The van der Waals surface area contributed by atoms with E-state index in [2.05, 4.69) is 39.9 Å². The van der Waals surface area contributed by atoms with Crippen molar-refractivity contribution >= 4 is 0 Å². The van der Waals surface area contributed by atoms with Crippen molar-refractivity contribution < 1.29 is 8.78 Å². The van der Waals surface area contributed by atoms with E-state index < -0.39 is 0 Å². The molecule has 0 saturated carbocycles. The van der Waals surface area contributed by atoms with Gasteiger partial charge in [-0.1, -0.05) is 34.6 Å². The molecule has 1 unspecified atom stereocenters. The third-order valence-electron chi connectivity index (χ3n) is 3.64. The zero-order valence-electron chi connectivity index (χ0n) is 13.3. The Labute approximate surface area is 121 Å². The molecule has 0 aliphatic rings. The molecule has 1 N–H and O–H groups in total. The Kier molecular flexibility index (Phi) is 6.12. The van der Waals surface area contributed by atoms with E-state index in [4.69, 9.17) is 0 Å². The summed E-state index contributed by atoms with van der Waals surface area (Å²) in [7, 11) is 0. The molecule has 0 aliphatic heterocycles. The van der Waals surface area contributed by atoms with Gasteiger partial charge in [-0.05, 0) is 60.5 Å². The molecule has 0 amide bonds. The maximum absolute atomic E-state index is 13.8. The van der Waals surface area contributed by atoms with Gasteiger partial charge in [-0.2, -0.15) is 0 Å². The van der Waals surface area contributed by atoms with E-state index in [0.717, 1.165) is 13.1 Å². The largest absolute Gasteiger partial charge is 0.316 e. The van der Waals surface area contributed by atoms with Crippen LogP contribution in [-0.4, -0.2) is 13.1 Å². The SMILES string of the molecule is CC(C)CNCC(Cc1cc(F)ccc1F)C(C)(C)C. The highest BCUT2D eigenvalue weighted by Gasteiger charge is 2.25. The van der Waals surface area contributed by atoms with Crippen LogP contribution in [0.5, 0.6) is 0 Å². The van der Waals surface area contributed by atoms with Gasteiger partial charge >= 0.3 is 0 Å². The van der Waals surface area contributed by atoms with Crippen LogP contribution in [0.15, 0.2) is 18.2 Å². The molecule has 114 valence electrons. The monoisotopic (exact) mass is 283 g/mol. The summed E-state index contributed by atoms with van der Waals surface area (Å²) < 4.78 is 27.1. The molecule has 0 fully saturated rings. The first-order valence-corrected chi connectivity index (χ1v) is 7.34. The van der Waals surface area contributed by atoms with Gasteiger partial charge in [0.25, 0.3) is 0 Å². The van der Waals surface area contributed by atoms with Gasteiger partial charge in [0.2, 0.25) is 0 Å². The van der Waals surface area contributed by atoms with Crippen molar-refractivity contribution in [2.45, 2.75) is 41.0 Å². The Bertz CT molecular complexity index is 421. The minimum atomic E-state index is -0.371. The summed E-state index contributed by atoms with van der Waals surface area (Å²) in [6, 6.07) is 3.70. The van der Waals surface area contributed by atoms with Crippen LogP contribution in [-0.2, 0) is 6.42 Å². The van der Waals surface area contributed by atoms with E-state index in [9.17, 15) is 8.78 Å². The first kappa shape index (κ1) is 17.1. The van der Waals surface area contributed by atoms with E-state index in [1.54, 1.807) is 0 Å². The zero-order chi connectivity index (χ0) is 15.3. The lowest BCUT2D eigenvalue weighted by Crippen LogP contribution is -2.35. The number of halogens is 2. The Morgan fingerprint density at radius 2 is 1.75 bits per heavy atom. The maximum atomic E-state index is 13.8. The van der Waals surface area contributed by atoms with Gasteiger partial charge in [0.15, 0.2) is 0 Å². The van der Waals surface area contributed by atoms with Gasteiger partial charge in [-0.25, -0.2) is 8.78 Å². The van der Waals surface area contributed by atoms with Crippen molar-refractivity contribution in [2.24, 2.45) is 17.3 Å². The molecular formula is C17H27F2N. The lowest BCUT2D eigenvalue weighted by Gasteiger charge is -2.31. The van der Waals surface area contributed by atoms with Crippen LogP contribution in [0, 0.1) is 28.9 Å². The minimum Gasteiger partial charge on any atom is -0.316 e. The van der Waals surface area contributed by atoms with Crippen LogP contribution in [0.4, 0.5) is 8.78 Å². The molecule has 0 heterocycles. The van der Waals surface area contributed by atoms with Crippen molar-refractivity contribution in [1.29, 1.82) is 0 Å². The third-order valence-corrected chi connectivity index (χ3v) is 3.64. The van der Waals surface area contributed by atoms with Crippen LogP contribution in [0.3, 0.4) is 0 Å². The number of benzene rings is 1. The van der Waals surface area contributed by atoms with Crippen molar-refractivity contribution in [3.8, 4) is 0 Å². The molecule has 1 rings (SSSR count). The van der Waals surface area contributed by atoms with Crippen molar-refractivity contribution in [3.05, 3.63) is 35.4 Å². The van der Waals surface area contributed by atoms with Crippen LogP contribution in [0.25, 0.3) is 0 Å². The fourth-order valence-corrected chi connectivity index (χ4v) is 2.20. The molecule has 20 heavy (non-hydrogen) atoms. The molecule has 0 aromatic heterocycles. The Morgan fingerprint density at radius 1 is 1.10 bits per heavy atom. The summed E-state index contributed by atoms with van der Waals surface area (Å²) >= 11 is 0. The molecule has 0 radical (unpaired) electrons. The maximum Gasteiger partial charge on any atom is 0.126 e. The smallest absolute Gasteiger partial charge is 0.126 e. The summed E-state index contributed by atoms with van der Waals surface area (Å²) in [6.45, 7) is 12.5. The molecular weight excluding hydrogens is 256 g/mol. The molecule has 3 heteroatoms. The average Bonchev–Trinajstić information content (AvgIpc) is 2.30. The molecule has 1 aromatic rings. The molecule has 0 spiro atoms. The molecule has 0 bridgehead atoms. The van der Waals surface area contributed by atoms with Crippen LogP contribution >= 0.6 is 0 Å². The number of hydrogen-bond donors (Lipinski definition) is 1. The summed E-state index contributed by atoms with van der Waals surface area (Å²) in [4.78, 5) is 0. The summed E-state index contributed by atoms with van der Waals surface area (Å²) in [5, 5.41) is 3.43. The fourth-order valence-electron chi connectivity index (χ4n) is 2.20. The number of rotatable bonds is 6. The van der Waals surface area contributed by atoms with E-state index in [-0.39, 0.29) is 23.0 Å². The van der Waals surface area contributed by atoms with Crippen molar-refractivity contribution in [2.75, 3.05) is 13.1 Å². The van der Waals surface area contributed by atoms with E-state index in [1.807, 2.05) is 0 Å². The predicted molar refractivity (Wildman–Crippen MR) is 80.7 cm³/mol. The Balaban J connectivity index is 2.76. The van der Waals surface area contributed by atoms with Gasteiger partial charge in [0, 0.05) is 0 Å². The molecule has 0 aliphatic carbocycles. The number of nitrogens with one attached hydrogen (secondary N) is 1. The van der Waals surface area contributed by atoms with E-state index in [1.165, 1.54) is 18.2 Å². The highest BCUT2D eigenvalue weighted by atomic mass is 19.1. The summed E-state index contributed by atoms with van der Waals surface area (Å²) in [6.07, 6.45) is 0.554. The quantitative estimate of drug-likeness (QED) is 0.815. The Morgan fingerprint density at radius 3 is 2.30 bits per heavy atom. The predicted octanol–water partition coefficient (Wildman–Crippen LogP) is 4.42.